The molecule has 2 aromatic rings. The van der Waals surface area contributed by atoms with Crippen molar-refractivity contribution in [1.29, 1.82) is 0 Å². The molecule has 36 heavy (non-hydrogen) atoms. The Kier molecular flexibility index (Phi) is 8.53. The quantitative estimate of drug-likeness (QED) is 0.111. The van der Waals surface area contributed by atoms with E-state index < -0.39 is 61.1 Å². The van der Waals surface area contributed by atoms with Crippen molar-refractivity contribution in [1.82, 2.24) is 10.6 Å². The van der Waals surface area contributed by atoms with Gasteiger partial charge in [0.1, 0.15) is 24.8 Å². The number of carbonyl (C=O) groups is 5. The smallest absolute Gasteiger partial charge is 0.305 e. The molecular formula is C23H26N4O9. The van der Waals surface area contributed by atoms with Gasteiger partial charge in [-0.2, -0.15) is 0 Å². The van der Waals surface area contributed by atoms with Crippen LogP contribution in [0.5, 0.6) is 0 Å². The number of furan rings is 1. The number of amides is 2. The number of para-hydroxylation sites is 2. The molecule has 1 aliphatic heterocycles. The van der Waals surface area contributed by atoms with Crippen LogP contribution in [-0.2, 0) is 19.2 Å². The minimum absolute atomic E-state index is 0.208. The molecule has 2 heterocycles. The van der Waals surface area contributed by atoms with Crippen LogP contribution in [0.15, 0.2) is 47.1 Å². The summed E-state index contributed by atoms with van der Waals surface area (Å²) < 4.78 is 4.95. The van der Waals surface area contributed by atoms with Gasteiger partial charge < -0.3 is 39.6 Å². The van der Waals surface area contributed by atoms with Crippen LogP contribution in [0.4, 0.5) is 11.4 Å². The molecule has 1 aliphatic rings. The van der Waals surface area contributed by atoms with Crippen molar-refractivity contribution in [2.24, 2.45) is 0 Å². The molecule has 0 bridgehead atoms. The molecule has 13 heteroatoms. The maximum Gasteiger partial charge on any atom is 0.305 e. The first-order valence-corrected chi connectivity index (χ1v) is 11.0. The number of ketones is 1. The Bertz CT molecular complexity index is 1120. The van der Waals surface area contributed by atoms with Crippen LogP contribution < -0.4 is 20.4 Å². The first-order valence-electron chi connectivity index (χ1n) is 11.0. The van der Waals surface area contributed by atoms with Gasteiger partial charge in [-0.15, -0.1) is 0 Å². The monoisotopic (exact) mass is 502 g/mol. The van der Waals surface area contributed by atoms with Crippen LogP contribution in [0.25, 0.3) is 0 Å². The van der Waals surface area contributed by atoms with E-state index in [1.807, 2.05) is 0 Å². The van der Waals surface area contributed by atoms with Gasteiger partial charge in [-0.05, 0) is 31.2 Å². The molecule has 5 N–H and O–H groups in total. The SMILES string of the molecule is CC(O)N1C[C@H](NC(=O)C(=O)c2ccco2)C(=O)N(CC(O)N[C@H](C=O)CC(=O)O)c2ccccc21. The van der Waals surface area contributed by atoms with Crippen molar-refractivity contribution in [2.45, 2.75) is 37.9 Å². The number of anilines is 2. The lowest BCUT2D eigenvalue weighted by atomic mass is 10.2. The first-order chi connectivity index (χ1) is 17.1. The third kappa shape index (κ3) is 6.13. The fourth-order valence-electron chi connectivity index (χ4n) is 3.82. The number of aliphatic hydroxyl groups excluding tert-OH is 2. The number of benzene rings is 1. The van der Waals surface area contributed by atoms with Crippen molar-refractivity contribution >= 4 is 41.2 Å². The minimum Gasteiger partial charge on any atom is -0.481 e. The summed E-state index contributed by atoms with van der Waals surface area (Å²) in [6.45, 7) is 0.813. The van der Waals surface area contributed by atoms with Crippen molar-refractivity contribution in [3.05, 3.63) is 48.4 Å². The minimum atomic E-state index is -1.53. The predicted octanol–water partition coefficient (Wildman–Crippen LogP) is -0.911. The van der Waals surface area contributed by atoms with E-state index in [0.29, 0.717) is 12.0 Å². The second-order valence-corrected chi connectivity index (χ2v) is 8.08. The van der Waals surface area contributed by atoms with Crippen LogP contribution in [0.3, 0.4) is 0 Å². The Labute approximate surface area is 205 Å². The van der Waals surface area contributed by atoms with Gasteiger partial charge in [0.15, 0.2) is 5.76 Å². The predicted molar refractivity (Wildman–Crippen MR) is 124 cm³/mol. The summed E-state index contributed by atoms with van der Waals surface area (Å²) in [4.78, 5) is 63.2. The van der Waals surface area contributed by atoms with E-state index in [2.05, 4.69) is 10.6 Å². The van der Waals surface area contributed by atoms with E-state index in [0.717, 1.165) is 4.90 Å². The van der Waals surface area contributed by atoms with E-state index in [4.69, 9.17) is 9.52 Å². The number of carboxylic acid groups (broad SMARTS) is 1. The summed E-state index contributed by atoms with van der Waals surface area (Å²) in [6.07, 6.45) is -1.67. The first kappa shape index (κ1) is 26.5. The summed E-state index contributed by atoms with van der Waals surface area (Å²) >= 11 is 0. The molecule has 192 valence electrons. The van der Waals surface area contributed by atoms with Crippen LogP contribution in [0.2, 0.25) is 0 Å². The summed E-state index contributed by atoms with van der Waals surface area (Å²) in [5, 5.41) is 34.7. The number of hydrogen-bond donors (Lipinski definition) is 5. The normalized spacial score (nSPS) is 18.0. The number of rotatable bonds is 11. The lowest BCUT2D eigenvalue weighted by Crippen LogP contribution is -2.56. The zero-order valence-electron chi connectivity index (χ0n) is 19.2. The average molecular weight is 502 g/mol. The number of β-amino-alcohol motifs (C(OH)–C–C–N with tert-alkyl or cyclic N) is 1. The maximum atomic E-state index is 13.6. The molecule has 0 aliphatic carbocycles. The highest BCUT2D eigenvalue weighted by Crippen LogP contribution is 2.33. The van der Waals surface area contributed by atoms with E-state index in [-0.39, 0.29) is 18.0 Å². The second kappa shape index (κ2) is 11.6. The topological polar surface area (TPSA) is 190 Å². The highest BCUT2D eigenvalue weighted by atomic mass is 16.4. The molecule has 1 aromatic heterocycles. The summed E-state index contributed by atoms with van der Waals surface area (Å²) in [7, 11) is 0. The molecule has 13 nitrogen and oxygen atoms in total. The van der Waals surface area contributed by atoms with E-state index in [9.17, 15) is 34.2 Å². The van der Waals surface area contributed by atoms with Crippen LogP contribution in [-0.4, -0.2) is 82.8 Å². The van der Waals surface area contributed by atoms with Gasteiger partial charge >= 0.3 is 5.97 Å². The maximum absolute atomic E-state index is 13.6. The van der Waals surface area contributed by atoms with Crippen molar-refractivity contribution < 1.29 is 43.7 Å². The lowest BCUT2D eigenvalue weighted by Gasteiger charge is -2.29. The standard InChI is InChI=1S/C23H26N4O9/c1-13(29)26-10-15(25-22(34)21(33)18-7-4-8-36-18)23(35)27(17-6-3-2-5-16(17)26)11-19(30)24-14(12-28)9-20(31)32/h2-8,12-15,19,24,29-30H,9-11H2,1H3,(H,25,34)(H,31,32)/t13?,14-,15-,19?/m0/s1. The summed E-state index contributed by atoms with van der Waals surface area (Å²) in [6, 6.07) is 6.65. The molecule has 2 unspecified atom stereocenters. The average Bonchev–Trinajstić information content (AvgIpc) is 3.35. The Morgan fingerprint density at radius 1 is 1.17 bits per heavy atom. The molecule has 3 rings (SSSR count). The van der Waals surface area contributed by atoms with Gasteiger partial charge in [0, 0.05) is 6.54 Å². The van der Waals surface area contributed by atoms with Gasteiger partial charge in [0.25, 0.3) is 17.6 Å². The molecule has 0 fully saturated rings. The van der Waals surface area contributed by atoms with E-state index in [1.165, 1.54) is 30.2 Å². The largest absolute Gasteiger partial charge is 0.481 e. The molecule has 1 aromatic carbocycles. The van der Waals surface area contributed by atoms with Crippen LogP contribution >= 0.6 is 0 Å². The number of aliphatic hydroxyl groups is 2. The zero-order chi connectivity index (χ0) is 26.4. The van der Waals surface area contributed by atoms with Crippen LogP contribution in [0, 0.1) is 0 Å². The lowest BCUT2D eigenvalue weighted by molar-refractivity contribution is -0.138. The number of aliphatic carboxylic acids is 1. The molecule has 0 saturated carbocycles. The number of nitrogens with one attached hydrogen (secondary N) is 2. The highest BCUT2D eigenvalue weighted by molar-refractivity contribution is 6.42. The number of aldehydes is 1. The molecule has 4 atom stereocenters. The summed E-state index contributed by atoms with van der Waals surface area (Å²) in [5.74, 6) is -4.32. The Morgan fingerprint density at radius 3 is 2.44 bits per heavy atom. The highest BCUT2D eigenvalue weighted by Gasteiger charge is 2.38. The van der Waals surface area contributed by atoms with Crippen LogP contribution in [0.1, 0.15) is 23.9 Å². The van der Waals surface area contributed by atoms with Crippen molar-refractivity contribution in [3.63, 3.8) is 0 Å². The Hall–Kier alpha value is -4.07. The Morgan fingerprint density at radius 2 is 1.86 bits per heavy atom. The molecule has 0 radical (unpaired) electrons. The van der Waals surface area contributed by atoms with Crippen molar-refractivity contribution in [2.75, 3.05) is 22.9 Å². The second-order valence-electron chi connectivity index (χ2n) is 8.08. The van der Waals surface area contributed by atoms with E-state index in [1.54, 1.807) is 24.3 Å². The number of carbonyl (C=O) groups excluding carboxylic acids is 4. The summed E-state index contributed by atoms with van der Waals surface area (Å²) in [5.41, 5.74) is 0.680. The molecule has 0 spiro atoms. The number of hydrogen-bond acceptors (Lipinski definition) is 10. The number of Topliss-reactive ketones (excluding diaryl/α,β-unsaturated/α-hetero) is 1. The van der Waals surface area contributed by atoms with Crippen molar-refractivity contribution in [3.8, 4) is 0 Å². The third-order valence-corrected chi connectivity index (χ3v) is 5.45. The van der Waals surface area contributed by atoms with Gasteiger partial charge in [0.2, 0.25) is 0 Å². The van der Waals surface area contributed by atoms with Gasteiger partial charge in [-0.3, -0.25) is 24.5 Å². The molecule has 0 saturated heterocycles. The number of fused-ring (bicyclic) bond motifs is 1. The van der Waals surface area contributed by atoms with Gasteiger partial charge in [0.05, 0.1) is 36.6 Å². The van der Waals surface area contributed by atoms with Gasteiger partial charge in [-0.1, -0.05) is 12.1 Å². The van der Waals surface area contributed by atoms with Gasteiger partial charge in [-0.25, -0.2) is 0 Å². The fourth-order valence-corrected chi connectivity index (χ4v) is 3.82. The third-order valence-electron chi connectivity index (χ3n) is 5.45. The number of nitrogens with zero attached hydrogens (tertiary/aromatic N) is 2. The molecular weight excluding hydrogens is 476 g/mol. The molecule has 2 amide bonds. The zero-order valence-corrected chi connectivity index (χ0v) is 19.2. The van der Waals surface area contributed by atoms with E-state index >= 15 is 0 Å². The number of carboxylic acids is 1. The fraction of sp³-hybridized carbons (Fsp3) is 0.348. The Balaban J connectivity index is 1.91.